The van der Waals surface area contributed by atoms with Gasteiger partial charge in [-0.1, -0.05) is 42.0 Å². The van der Waals surface area contributed by atoms with Crippen LogP contribution < -0.4 is 9.47 Å². The first-order chi connectivity index (χ1) is 12.4. The highest BCUT2D eigenvalue weighted by Crippen LogP contribution is 2.40. The SMILES string of the molecule is C=CCOc1cc(Cl)cc2c1OC(COS(=O)(=O)c1ccc(C)cc1)C2. The Hall–Kier alpha value is -2.02. The van der Waals surface area contributed by atoms with E-state index in [-0.39, 0.29) is 11.5 Å². The third-order valence-electron chi connectivity index (χ3n) is 3.90. The average Bonchev–Trinajstić information content (AvgIpc) is 3.01. The van der Waals surface area contributed by atoms with Gasteiger partial charge < -0.3 is 9.47 Å². The molecule has 1 aliphatic heterocycles. The highest BCUT2D eigenvalue weighted by Gasteiger charge is 2.29. The van der Waals surface area contributed by atoms with E-state index in [0.29, 0.717) is 29.5 Å². The highest BCUT2D eigenvalue weighted by molar-refractivity contribution is 7.86. The largest absolute Gasteiger partial charge is 0.486 e. The van der Waals surface area contributed by atoms with Gasteiger partial charge in [-0.3, -0.25) is 4.18 Å². The fraction of sp³-hybridized carbons (Fsp3) is 0.263. The first-order valence-corrected chi connectivity index (χ1v) is 9.86. The molecule has 0 aromatic heterocycles. The van der Waals surface area contributed by atoms with Gasteiger partial charge in [-0.25, -0.2) is 0 Å². The molecule has 26 heavy (non-hydrogen) atoms. The van der Waals surface area contributed by atoms with E-state index < -0.39 is 16.2 Å². The molecule has 1 unspecified atom stereocenters. The molecule has 5 nitrogen and oxygen atoms in total. The second kappa shape index (κ2) is 7.70. The van der Waals surface area contributed by atoms with E-state index in [2.05, 4.69) is 6.58 Å². The lowest BCUT2D eigenvalue weighted by Crippen LogP contribution is -2.23. The topological polar surface area (TPSA) is 61.8 Å². The fourth-order valence-corrected chi connectivity index (χ4v) is 3.82. The number of aryl methyl sites for hydroxylation is 1. The van der Waals surface area contributed by atoms with E-state index in [1.165, 1.54) is 12.1 Å². The summed E-state index contributed by atoms with van der Waals surface area (Å²) >= 11 is 6.11. The molecule has 0 amide bonds. The van der Waals surface area contributed by atoms with Crippen molar-refractivity contribution in [2.24, 2.45) is 0 Å². The van der Waals surface area contributed by atoms with Crippen LogP contribution in [0.1, 0.15) is 11.1 Å². The maximum absolute atomic E-state index is 12.3. The second-order valence-electron chi connectivity index (χ2n) is 5.99. The van der Waals surface area contributed by atoms with Gasteiger partial charge in [0.1, 0.15) is 19.3 Å². The summed E-state index contributed by atoms with van der Waals surface area (Å²) in [4.78, 5) is 0.122. The smallest absolute Gasteiger partial charge is 0.297 e. The van der Waals surface area contributed by atoms with Crippen molar-refractivity contribution in [1.82, 2.24) is 0 Å². The van der Waals surface area contributed by atoms with Crippen LogP contribution >= 0.6 is 11.6 Å². The molecule has 0 N–H and O–H groups in total. The van der Waals surface area contributed by atoms with Crippen LogP contribution in [-0.2, 0) is 20.7 Å². The lowest BCUT2D eigenvalue weighted by Gasteiger charge is -2.13. The van der Waals surface area contributed by atoms with Gasteiger partial charge >= 0.3 is 0 Å². The number of hydrogen-bond acceptors (Lipinski definition) is 5. The molecule has 1 aliphatic rings. The molecule has 0 fully saturated rings. The molecule has 138 valence electrons. The number of halogens is 1. The Morgan fingerprint density at radius 3 is 2.73 bits per heavy atom. The first-order valence-electron chi connectivity index (χ1n) is 8.08. The maximum atomic E-state index is 12.3. The van der Waals surface area contributed by atoms with Crippen molar-refractivity contribution in [3.05, 3.63) is 65.2 Å². The van der Waals surface area contributed by atoms with Crippen LogP contribution in [0.25, 0.3) is 0 Å². The Balaban J connectivity index is 1.69. The molecular weight excluding hydrogens is 376 g/mol. The molecule has 3 rings (SSSR count). The third-order valence-corrected chi connectivity index (χ3v) is 5.42. The monoisotopic (exact) mass is 394 g/mol. The molecule has 0 spiro atoms. The summed E-state index contributed by atoms with van der Waals surface area (Å²) < 4.78 is 41.2. The molecule has 2 aromatic rings. The molecule has 1 atom stereocenters. The van der Waals surface area contributed by atoms with E-state index in [4.69, 9.17) is 25.3 Å². The summed E-state index contributed by atoms with van der Waals surface area (Å²) in [7, 11) is -3.83. The molecule has 1 heterocycles. The van der Waals surface area contributed by atoms with Crippen molar-refractivity contribution in [3.63, 3.8) is 0 Å². The van der Waals surface area contributed by atoms with E-state index >= 15 is 0 Å². The Morgan fingerprint density at radius 1 is 1.31 bits per heavy atom. The van der Waals surface area contributed by atoms with E-state index in [1.54, 1.807) is 30.3 Å². The highest BCUT2D eigenvalue weighted by atomic mass is 35.5. The van der Waals surface area contributed by atoms with E-state index in [0.717, 1.165) is 11.1 Å². The Labute approximate surface area is 158 Å². The van der Waals surface area contributed by atoms with Crippen molar-refractivity contribution in [2.75, 3.05) is 13.2 Å². The van der Waals surface area contributed by atoms with Gasteiger partial charge in [-0.15, -0.1) is 0 Å². The van der Waals surface area contributed by atoms with Crippen molar-refractivity contribution >= 4 is 21.7 Å². The molecule has 0 saturated carbocycles. The second-order valence-corrected chi connectivity index (χ2v) is 8.04. The lowest BCUT2D eigenvalue weighted by atomic mass is 10.1. The third kappa shape index (κ3) is 4.20. The molecule has 7 heteroatoms. The number of rotatable bonds is 7. The van der Waals surface area contributed by atoms with E-state index in [9.17, 15) is 8.42 Å². The van der Waals surface area contributed by atoms with Crippen molar-refractivity contribution in [2.45, 2.75) is 24.3 Å². The molecular formula is C19H19ClO5S. The van der Waals surface area contributed by atoms with Crippen LogP contribution in [0.3, 0.4) is 0 Å². The predicted molar refractivity (Wildman–Crippen MR) is 99.6 cm³/mol. The molecule has 0 aliphatic carbocycles. The molecule has 2 aromatic carbocycles. The zero-order valence-electron chi connectivity index (χ0n) is 14.3. The van der Waals surface area contributed by atoms with Crippen LogP contribution in [0, 0.1) is 6.92 Å². The zero-order chi connectivity index (χ0) is 18.7. The quantitative estimate of drug-likeness (QED) is 0.526. The standard InChI is InChI=1S/C19H19ClO5S/c1-3-8-23-18-11-15(20)9-14-10-16(25-19(14)18)12-24-26(21,22)17-6-4-13(2)5-7-17/h3-7,9,11,16H,1,8,10,12H2,2H3. The minimum absolute atomic E-state index is 0.0938. The van der Waals surface area contributed by atoms with E-state index in [1.807, 2.05) is 6.92 Å². The van der Waals surface area contributed by atoms with Gasteiger partial charge in [-0.2, -0.15) is 8.42 Å². The summed E-state index contributed by atoms with van der Waals surface area (Å²) in [5, 5.41) is 0.528. The number of fused-ring (bicyclic) bond motifs is 1. The van der Waals surface area contributed by atoms with Crippen LogP contribution in [0.2, 0.25) is 5.02 Å². The normalized spacial score (nSPS) is 16.0. The van der Waals surface area contributed by atoms with Crippen molar-refractivity contribution in [1.29, 1.82) is 0 Å². The van der Waals surface area contributed by atoms with Gasteiger partial charge in [0.05, 0.1) is 4.90 Å². The molecule has 0 saturated heterocycles. The minimum Gasteiger partial charge on any atom is -0.486 e. The summed E-state index contributed by atoms with van der Waals surface area (Å²) in [5.41, 5.74) is 1.83. The zero-order valence-corrected chi connectivity index (χ0v) is 15.8. The van der Waals surface area contributed by atoms with Gasteiger partial charge in [0, 0.05) is 23.1 Å². The maximum Gasteiger partial charge on any atom is 0.297 e. The molecule has 0 bridgehead atoms. The Kier molecular flexibility index (Phi) is 5.55. The lowest BCUT2D eigenvalue weighted by molar-refractivity contribution is 0.148. The van der Waals surface area contributed by atoms with Crippen LogP contribution in [0.15, 0.2) is 53.9 Å². The number of ether oxygens (including phenoxy) is 2. The van der Waals surface area contributed by atoms with Crippen LogP contribution in [-0.4, -0.2) is 27.7 Å². The van der Waals surface area contributed by atoms with Gasteiger partial charge in [0.15, 0.2) is 11.5 Å². The minimum atomic E-state index is -3.83. The van der Waals surface area contributed by atoms with Gasteiger partial charge in [-0.05, 0) is 25.1 Å². The fourth-order valence-electron chi connectivity index (χ4n) is 2.65. The Morgan fingerprint density at radius 2 is 2.04 bits per heavy atom. The predicted octanol–water partition coefficient (Wildman–Crippen LogP) is 3.92. The van der Waals surface area contributed by atoms with Crippen LogP contribution in [0.5, 0.6) is 11.5 Å². The van der Waals surface area contributed by atoms with Crippen LogP contribution in [0.4, 0.5) is 0 Å². The van der Waals surface area contributed by atoms with Crippen molar-refractivity contribution in [3.8, 4) is 11.5 Å². The average molecular weight is 395 g/mol. The summed E-state index contributed by atoms with van der Waals surface area (Å²) in [6, 6.07) is 9.95. The summed E-state index contributed by atoms with van der Waals surface area (Å²) in [6.45, 7) is 5.72. The first kappa shape index (κ1) is 18.8. The van der Waals surface area contributed by atoms with Crippen molar-refractivity contribution < 1.29 is 22.1 Å². The number of benzene rings is 2. The van der Waals surface area contributed by atoms with Gasteiger partial charge in [0.2, 0.25) is 0 Å². The Bertz CT molecular complexity index is 906. The summed E-state index contributed by atoms with van der Waals surface area (Å²) in [6.07, 6.45) is 1.68. The molecule has 0 radical (unpaired) electrons. The van der Waals surface area contributed by atoms with Gasteiger partial charge in [0.25, 0.3) is 10.1 Å². The summed E-state index contributed by atoms with van der Waals surface area (Å²) in [5.74, 6) is 1.08. The number of hydrogen-bond donors (Lipinski definition) is 0.